The molecule has 1 saturated heterocycles. The van der Waals surface area contributed by atoms with E-state index in [1.807, 2.05) is 13.0 Å². The van der Waals surface area contributed by atoms with Crippen molar-refractivity contribution < 1.29 is 22.1 Å². The van der Waals surface area contributed by atoms with Gasteiger partial charge in [-0.2, -0.15) is 8.42 Å². The first-order valence-corrected chi connectivity index (χ1v) is 10.2. The zero-order valence-corrected chi connectivity index (χ0v) is 15.5. The lowest BCUT2D eigenvalue weighted by atomic mass is 10.2. The largest absolute Gasteiger partial charge is 0.382 e. The van der Waals surface area contributed by atoms with Crippen molar-refractivity contribution in [2.24, 2.45) is 0 Å². The molecule has 8 heteroatoms. The molecule has 0 bridgehead atoms. The summed E-state index contributed by atoms with van der Waals surface area (Å²) in [6.07, 6.45) is 1.99. The Morgan fingerprint density at radius 2 is 2.20 bits per heavy atom. The fraction of sp³-hybridized carbons (Fsp3) is 0.588. The molecule has 0 saturated carbocycles. The molecule has 7 nitrogen and oxygen atoms in total. The molecule has 140 valence electrons. The van der Waals surface area contributed by atoms with E-state index in [9.17, 15) is 13.2 Å². The zero-order chi connectivity index (χ0) is 18.3. The summed E-state index contributed by atoms with van der Waals surface area (Å²) in [5.41, 5.74) is 0.799. The maximum atomic E-state index is 12.3. The Bertz CT molecular complexity index is 671. The van der Waals surface area contributed by atoms with E-state index < -0.39 is 10.1 Å². The van der Waals surface area contributed by atoms with Crippen molar-refractivity contribution in [1.29, 1.82) is 0 Å². The second kappa shape index (κ2) is 9.05. The molecule has 1 fully saturated rings. The molecule has 2 amide bonds. The third kappa shape index (κ3) is 6.21. The molecule has 1 N–H and O–H groups in total. The molecule has 1 atom stereocenters. The fourth-order valence-corrected chi connectivity index (χ4v) is 3.15. The number of ether oxygens (including phenoxy) is 1. The van der Waals surface area contributed by atoms with E-state index in [2.05, 4.69) is 5.32 Å². The van der Waals surface area contributed by atoms with Gasteiger partial charge in [-0.05, 0) is 44.4 Å². The second-order valence-corrected chi connectivity index (χ2v) is 7.79. The summed E-state index contributed by atoms with van der Waals surface area (Å²) in [6, 6.07) is 6.64. The summed E-state index contributed by atoms with van der Waals surface area (Å²) in [5.74, 6) is 0.161. The number of hydrogen-bond acceptors (Lipinski definition) is 5. The van der Waals surface area contributed by atoms with Crippen LogP contribution in [0.5, 0.6) is 5.75 Å². The smallest absolute Gasteiger partial charge is 0.317 e. The fourth-order valence-electron chi connectivity index (χ4n) is 2.64. The Morgan fingerprint density at radius 1 is 1.40 bits per heavy atom. The van der Waals surface area contributed by atoms with Crippen LogP contribution in [0.4, 0.5) is 4.79 Å². The van der Waals surface area contributed by atoms with Gasteiger partial charge in [0.1, 0.15) is 5.75 Å². The standard InChI is InChI=1S/C17H26N2O5S/c1-3-18-17(20)19(13-16-9-6-10-23-16)12-14-7-5-8-15(11-14)24-25(21,22)4-2/h5,7-8,11,16H,3-4,6,9-10,12-13H2,1-2H3,(H,18,20)/t16-/m1/s1. The van der Waals surface area contributed by atoms with Gasteiger partial charge in [0.2, 0.25) is 0 Å². The van der Waals surface area contributed by atoms with Crippen molar-refractivity contribution in [2.45, 2.75) is 39.3 Å². The van der Waals surface area contributed by atoms with E-state index in [1.165, 1.54) is 6.92 Å². The van der Waals surface area contributed by atoms with Crippen LogP contribution in [0.1, 0.15) is 32.3 Å². The Hall–Kier alpha value is -1.80. The van der Waals surface area contributed by atoms with Crippen LogP contribution in [0, 0.1) is 0 Å². The minimum absolute atomic E-state index is 0.0440. The van der Waals surface area contributed by atoms with E-state index in [1.54, 1.807) is 23.1 Å². The first-order valence-electron chi connectivity index (χ1n) is 8.59. The van der Waals surface area contributed by atoms with Crippen LogP contribution >= 0.6 is 0 Å². The average Bonchev–Trinajstić information content (AvgIpc) is 3.07. The van der Waals surface area contributed by atoms with E-state index in [4.69, 9.17) is 8.92 Å². The Labute approximate surface area is 149 Å². The van der Waals surface area contributed by atoms with E-state index in [0.29, 0.717) is 19.6 Å². The molecule has 2 rings (SSSR count). The molecule has 1 aliphatic rings. The van der Waals surface area contributed by atoms with Gasteiger partial charge in [0.15, 0.2) is 0 Å². The van der Waals surface area contributed by atoms with Gasteiger partial charge in [0.05, 0.1) is 11.9 Å². The van der Waals surface area contributed by atoms with Crippen LogP contribution < -0.4 is 9.50 Å². The van der Waals surface area contributed by atoms with Crippen LogP contribution in [0.15, 0.2) is 24.3 Å². The molecule has 0 aromatic heterocycles. The molecule has 1 heterocycles. The highest BCUT2D eigenvalue weighted by Crippen LogP contribution is 2.19. The van der Waals surface area contributed by atoms with Gasteiger partial charge >= 0.3 is 16.1 Å². The molecule has 0 aliphatic carbocycles. The van der Waals surface area contributed by atoms with Crippen molar-refractivity contribution >= 4 is 16.1 Å². The van der Waals surface area contributed by atoms with Gasteiger partial charge in [-0.3, -0.25) is 0 Å². The van der Waals surface area contributed by atoms with Crippen molar-refractivity contribution in [3.63, 3.8) is 0 Å². The Morgan fingerprint density at radius 3 is 2.84 bits per heavy atom. The number of hydrogen-bond donors (Lipinski definition) is 1. The summed E-state index contributed by atoms with van der Waals surface area (Å²) >= 11 is 0. The van der Waals surface area contributed by atoms with Gasteiger partial charge in [0.25, 0.3) is 0 Å². The zero-order valence-electron chi connectivity index (χ0n) is 14.7. The predicted octanol–water partition coefficient (Wildman–Crippen LogP) is 2.13. The Balaban J connectivity index is 2.09. The predicted molar refractivity (Wildman–Crippen MR) is 95.0 cm³/mol. The number of urea groups is 1. The van der Waals surface area contributed by atoms with Crippen LogP contribution in [0.2, 0.25) is 0 Å². The molecule has 25 heavy (non-hydrogen) atoms. The topological polar surface area (TPSA) is 84.9 Å². The summed E-state index contributed by atoms with van der Waals surface area (Å²) in [5, 5.41) is 2.81. The molecule has 1 aromatic carbocycles. The minimum Gasteiger partial charge on any atom is -0.382 e. The van der Waals surface area contributed by atoms with Crippen molar-refractivity contribution in [3.8, 4) is 5.75 Å². The van der Waals surface area contributed by atoms with Crippen molar-refractivity contribution in [1.82, 2.24) is 10.2 Å². The second-order valence-electron chi connectivity index (χ2n) is 5.93. The maximum absolute atomic E-state index is 12.3. The molecule has 0 radical (unpaired) electrons. The molecule has 0 unspecified atom stereocenters. The van der Waals surface area contributed by atoms with Gasteiger partial charge < -0.3 is 19.1 Å². The van der Waals surface area contributed by atoms with Gasteiger partial charge in [-0.25, -0.2) is 4.79 Å². The molecule has 1 aromatic rings. The van der Waals surface area contributed by atoms with Crippen molar-refractivity contribution in [2.75, 3.05) is 25.4 Å². The summed E-state index contributed by atoms with van der Waals surface area (Å²) < 4.78 is 33.9. The summed E-state index contributed by atoms with van der Waals surface area (Å²) in [4.78, 5) is 14.0. The average molecular weight is 370 g/mol. The van der Waals surface area contributed by atoms with Crippen LogP contribution in [-0.2, 0) is 21.4 Å². The van der Waals surface area contributed by atoms with Crippen LogP contribution in [-0.4, -0.2) is 50.9 Å². The van der Waals surface area contributed by atoms with Crippen molar-refractivity contribution in [3.05, 3.63) is 29.8 Å². The SMILES string of the molecule is CCNC(=O)N(Cc1cccc(OS(=O)(=O)CC)c1)C[C@H]1CCCO1. The molecule has 1 aliphatic heterocycles. The number of carbonyl (C=O) groups is 1. The number of nitrogens with one attached hydrogen (secondary N) is 1. The van der Waals surface area contributed by atoms with Crippen LogP contribution in [0.3, 0.4) is 0 Å². The number of rotatable bonds is 8. The number of benzene rings is 1. The van der Waals surface area contributed by atoms with E-state index in [0.717, 1.165) is 25.0 Å². The first-order chi connectivity index (χ1) is 11.9. The number of nitrogens with zero attached hydrogens (tertiary/aromatic N) is 1. The molecule has 0 spiro atoms. The highest BCUT2D eigenvalue weighted by atomic mass is 32.2. The Kier molecular flexibility index (Phi) is 7.07. The third-order valence-electron chi connectivity index (χ3n) is 3.91. The van der Waals surface area contributed by atoms with Gasteiger partial charge in [0, 0.05) is 26.2 Å². The van der Waals surface area contributed by atoms with E-state index >= 15 is 0 Å². The normalized spacial score (nSPS) is 17.3. The summed E-state index contributed by atoms with van der Waals surface area (Å²) in [7, 11) is -3.57. The molecular formula is C17H26N2O5S. The molecular weight excluding hydrogens is 344 g/mol. The lowest BCUT2D eigenvalue weighted by Crippen LogP contribution is -2.43. The number of amides is 2. The highest BCUT2D eigenvalue weighted by Gasteiger charge is 2.22. The maximum Gasteiger partial charge on any atom is 0.317 e. The highest BCUT2D eigenvalue weighted by molar-refractivity contribution is 7.87. The van der Waals surface area contributed by atoms with Gasteiger partial charge in [-0.1, -0.05) is 12.1 Å². The quantitative estimate of drug-likeness (QED) is 0.709. The minimum atomic E-state index is -3.57. The van der Waals surface area contributed by atoms with Gasteiger partial charge in [-0.15, -0.1) is 0 Å². The van der Waals surface area contributed by atoms with Crippen LogP contribution in [0.25, 0.3) is 0 Å². The summed E-state index contributed by atoms with van der Waals surface area (Å²) in [6.45, 7) is 5.52. The lowest BCUT2D eigenvalue weighted by molar-refractivity contribution is 0.0796. The monoisotopic (exact) mass is 370 g/mol. The lowest BCUT2D eigenvalue weighted by Gasteiger charge is -2.25. The third-order valence-corrected chi connectivity index (χ3v) is 5.07. The van der Waals surface area contributed by atoms with E-state index in [-0.39, 0.29) is 23.6 Å². The number of carbonyl (C=O) groups excluding carboxylic acids is 1. The first kappa shape index (κ1) is 19.5.